The van der Waals surface area contributed by atoms with Gasteiger partial charge in [-0.2, -0.15) is 10.2 Å². The van der Waals surface area contributed by atoms with Crippen LogP contribution in [-0.2, 0) is 25.6 Å². The Morgan fingerprint density at radius 3 is 1.75 bits per heavy atom. The average Bonchev–Trinajstić information content (AvgIpc) is 3.72. The van der Waals surface area contributed by atoms with E-state index >= 15 is 0 Å². The lowest BCUT2D eigenvalue weighted by atomic mass is 9.99. The maximum Gasteiger partial charge on any atom is 0.330 e. The van der Waals surface area contributed by atoms with Gasteiger partial charge in [0.25, 0.3) is 0 Å². The highest BCUT2D eigenvalue weighted by Crippen LogP contribution is 2.24. The van der Waals surface area contributed by atoms with Crippen molar-refractivity contribution in [2.75, 3.05) is 13.2 Å². The van der Waals surface area contributed by atoms with Gasteiger partial charge in [-0.05, 0) is 32.4 Å². The van der Waals surface area contributed by atoms with Crippen molar-refractivity contribution in [3.63, 3.8) is 0 Å². The lowest BCUT2D eigenvalue weighted by Crippen LogP contribution is -2.24. The lowest BCUT2D eigenvalue weighted by Gasteiger charge is -2.17. The monoisotopic (exact) mass is 680 g/mol. The summed E-state index contributed by atoms with van der Waals surface area (Å²) in [6.07, 6.45) is 6.70. The molecule has 0 spiro atoms. The van der Waals surface area contributed by atoms with E-state index in [1.165, 1.54) is 40.2 Å². The van der Waals surface area contributed by atoms with Crippen LogP contribution in [0, 0.1) is 34.9 Å². The van der Waals surface area contributed by atoms with Crippen LogP contribution >= 0.6 is 0 Å². The van der Waals surface area contributed by atoms with Crippen LogP contribution in [0.4, 0.5) is 26.3 Å². The molecule has 256 valence electrons. The lowest BCUT2D eigenvalue weighted by molar-refractivity contribution is -0.143. The molecule has 2 aromatic heterocycles. The van der Waals surface area contributed by atoms with Gasteiger partial charge >= 0.3 is 11.9 Å². The molecule has 2 heterocycles. The Morgan fingerprint density at radius 2 is 1.31 bits per heavy atom. The normalized spacial score (nSPS) is 10.8. The number of Topliss-reactive ketones (excluding diaryl/α,β-unsaturated/α-hetero) is 2. The summed E-state index contributed by atoms with van der Waals surface area (Å²) in [4.78, 5) is 45.7. The molecule has 0 N–H and O–H groups in total. The zero-order chi connectivity index (χ0) is 35.8. The number of hydrogen-bond acceptors (Lipinski definition) is 8. The van der Waals surface area contributed by atoms with Gasteiger partial charge in [0.05, 0.1) is 24.3 Å². The molecule has 4 aromatic rings. The highest BCUT2D eigenvalue weighted by molar-refractivity contribution is 5.99. The predicted octanol–water partition coefficient (Wildman–Crippen LogP) is 5.99. The van der Waals surface area contributed by atoms with Gasteiger partial charge in [-0.3, -0.25) is 23.7 Å². The fourth-order valence-electron chi connectivity index (χ4n) is 3.91. The topological polar surface area (TPSA) is 122 Å². The number of ether oxygens (including phenoxy) is 2. The minimum Gasteiger partial charge on any atom is -0.466 e. The van der Waals surface area contributed by atoms with Crippen LogP contribution in [0.15, 0.2) is 73.8 Å². The minimum absolute atomic E-state index is 0.0599. The van der Waals surface area contributed by atoms with Gasteiger partial charge < -0.3 is 9.47 Å². The van der Waals surface area contributed by atoms with E-state index in [1.54, 1.807) is 19.9 Å². The zero-order valence-corrected chi connectivity index (χ0v) is 25.7. The maximum absolute atomic E-state index is 13.9. The molecule has 4 rings (SSSR count). The molecule has 0 radical (unpaired) electrons. The molecule has 10 nitrogen and oxygen atoms in total. The number of halogens is 6. The summed E-state index contributed by atoms with van der Waals surface area (Å²) < 4.78 is 91.5. The molecule has 0 saturated heterocycles. The standard InChI is InChI=1S/C16H15F3N2O3.C11H7F3N2O.C5H8O2/c1-2-24-14(22)5-4-13(21-7-3-6-20-21)16(23)15-11(18)8-10(17)9-12(15)19;12-7-4-8(13)11(9(14)5-7)10(17)6-16-3-1-2-15-16;1-3-5(6)7-4-2/h3,6-9,13H,2,4-5H2,1H3;1-5H,6H2;3H,1,4H2,2H3. The van der Waals surface area contributed by atoms with Crippen molar-refractivity contribution >= 4 is 23.5 Å². The minimum atomic E-state index is -1.30. The van der Waals surface area contributed by atoms with E-state index in [0.717, 1.165) is 6.08 Å². The number of rotatable bonds is 12. The second-order valence-electron chi connectivity index (χ2n) is 9.28. The van der Waals surface area contributed by atoms with Gasteiger partial charge in [-0.15, -0.1) is 0 Å². The molecular formula is C32H30F6N4O6. The fraction of sp³-hybridized carbons (Fsp3) is 0.250. The van der Waals surface area contributed by atoms with E-state index in [9.17, 15) is 45.5 Å². The summed E-state index contributed by atoms with van der Waals surface area (Å²) in [5, 5.41) is 7.62. The molecule has 0 fully saturated rings. The van der Waals surface area contributed by atoms with Gasteiger partial charge in [0, 0.05) is 61.5 Å². The summed E-state index contributed by atoms with van der Waals surface area (Å²) in [7, 11) is 0. The predicted molar refractivity (Wildman–Crippen MR) is 157 cm³/mol. The van der Waals surface area contributed by atoms with Crippen molar-refractivity contribution in [1.82, 2.24) is 19.6 Å². The van der Waals surface area contributed by atoms with Gasteiger partial charge in [0.2, 0.25) is 0 Å². The van der Waals surface area contributed by atoms with Crippen LogP contribution in [-0.4, -0.2) is 56.3 Å². The smallest absolute Gasteiger partial charge is 0.330 e. The highest BCUT2D eigenvalue weighted by atomic mass is 19.2. The van der Waals surface area contributed by atoms with Gasteiger partial charge in [-0.25, -0.2) is 31.1 Å². The van der Waals surface area contributed by atoms with Crippen LogP contribution in [0.25, 0.3) is 0 Å². The third kappa shape index (κ3) is 11.7. The van der Waals surface area contributed by atoms with Gasteiger partial charge in [-0.1, -0.05) is 6.58 Å². The molecule has 16 heteroatoms. The molecule has 1 atom stereocenters. The molecular weight excluding hydrogens is 650 g/mol. The Balaban J connectivity index is 0.000000289. The summed E-state index contributed by atoms with van der Waals surface area (Å²) in [5.41, 5.74) is -1.61. The highest BCUT2D eigenvalue weighted by Gasteiger charge is 2.29. The molecule has 0 aliphatic carbocycles. The number of ketones is 2. The number of benzene rings is 2. The molecule has 0 saturated carbocycles. The first-order valence-corrected chi connectivity index (χ1v) is 14.1. The van der Waals surface area contributed by atoms with Crippen LogP contribution < -0.4 is 0 Å². The van der Waals surface area contributed by atoms with Crippen LogP contribution in [0.1, 0.15) is 53.4 Å². The van der Waals surface area contributed by atoms with Crippen LogP contribution in [0.3, 0.4) is 0 Å². The van der Waals surface area contributed by atoms with E-state index in [0.29, 0.717) is 30.9 Å². The molecule has 0 aliphatic heterocycles. The van der Waals surface area contributed by atoms with Crippen molar-refractivity contribution in [1.29, 1.82) is 0 Å². The number of hydrogen-bond donors (Lipinski definition) is 0. The van der Waals surface area contributed by atoms with Crippen molar-refractivity contribution in [2.45, 2.75) is 39.3 Å². The Bertz CT molecular complexity index is 1650. The van der Waals surface area contributed by atoms with Crippen molar-refractivity contribution < 1.29 is 55.0 Å². The van der Waals surface area contributed by atoms with E-state index in [1.807, 2.05) is 0 Å². The summed E-state index contributed by atoms with van der Waals surface area (Å²) in [6.45, 7) is 6.90. The molecule has 48 heavy (non-hydrogen) atoms. The Kier molecular flexibility index (Phi) is 15.5. The van der Waals surface area contributed by atoms with E-state index in [4.69, 9.17) is 4.74 Å². The summed E-state index contributed by atoms with van der Waals surface area (Å²) >= 11 is 0. The first-order valence-electron chi connectivity index (χ1n) is 14.1. The van der Waals surface area contributed by atoms with Crippen molar-refractivity contribution in [2.24, 2.45) is 0 Å². The van der Waals surface area contributed by atoms with Crippen molar-refractivity contribution in [3.8, 4) is 0 Å². The fourth-order valence-corrected chi connectivity index (χ4v) is 3.91. The van der Waals surface area contributed by atoms with E-state index in [-0.39, 0.29) is 32.0 Å². The molecule has 0 aliphatic rings. The second-order valence-corrected chi connectivity index (χ2v) is 9.28. The van der Waals surface area contributed by atoms with E-state index < -0.39 is 69.6 Å². The number of carbonyl (C=O) groups is 4. The summed E-state index contributed by atoms with van der Waals surface area (Å²) in [6, 6.07) is 3.80. The third-order valence-corrected chi connectivity index (χ3v) is 5.93. The first-order chi connectivity index (χ1) is 22.8. The first kappa shape index (κ1) is 38.6. The zero-order valence-electron chi connectivity index (χ0n) is 25.7. The number of aromatic nitrogens is 4. The molecule has 1 unspecified atom stereocenters. The molecule has 2 aromatic carbocycles. The summed E-state index contributed by atoms with van der Waals surface area (Å²) in [5.74, 6) is -9.83. The Hall–Kier alpha value is -5.54. The maximum atomic E-state index is 13.9. The second kappa shape index (κ2) is 19.2. The Morgan fingerprint density at radius 1 is 0.792 bits per heavy atom. The molecule has 0 bridgehead atoms. The molecule has 0 amide bonds. The Labute approximate surface area is 270 Å². The van der Waals surface area contributed by atoms with E-state index in [2.05, 4.69) is 21.5 Å². The number of nitrogens with zero attached hydrogens (tertiary/aromatic N) is 4. The quantitative estimate of drug-likeness (QED) is 0.0775. The third-order valence-electron chi connectivity index (χ3n) is 5.93. The van der Waals surface area contributed by atoms with Crippen LogP contribution in [0.5, 0.6) is 0 Å². The van der Waals surface area contributed by atoms with Gasteiger partial charge in [0.1, 0.15) is 47.5 Å². The van der Waals surface area contributed by atoms with Gasteiger partial charge in [0.15, 0.2) is 11.6 Å². The SMILES string of the molecule is C=CC(=O)OCC.CCOC(=O)CCC(C(=O)c1c(F)cc(F)cc1F)n1cccn1.O=C(Cn1cccn1)c1c(F)cc(F)cc1F. The average molecular weight is 681 g/mol. The largest absolute Gasteiger partial charge is 0.466 e. The van der Waals surface area contributed by atoms with Crippen LogP contribution in [0.2, 0.25) is 0 Å². The van der Waals surface area contributed by atoms with Crippen molar-refractivity contribution in [3.05, 3.63) is 120 Å². The number of carbonyl (C=O) groups excluding carboxylic acids is 4. The number of esters is 2.